The first-order valence-electron chi connectivity index (χ1n) is 5.29. The second-order valence-corrected chi connectivity index (χ2v) is 6.31. The predicted octanol–water partition coefficient (Wildman–Crippen LogP) is 3.50. The molecule has 0 unspecified atom stereocenters. The highest BCUT2D eigenvalue weighted by Gasteiger charge is 2.16. The predicted molar refractivity (Wildman–Crippen MR) is 76.2 cm³/mol. The number of nitrogens with one attached hydrogen (secondary N) is 1. The van der Waals surface area contributed by atoms with Crippen LogP contribution in [0.1, 0.15) is 5.56 Å². The van der Waals surface area contributed by atoms with Gasteiger partial charge in [-0.25, -0.2) is 13.4 Å². The van der Waals surface area contributed by atoms with Crippen LogP contribution in [0.5, 0.6) is 0 Å². The van der Waals surface area contributed by atoms with E-state index in [1.54, 1.807) is 25.1 Å². The Morgan fingerprint density at radius 3 is 2.53 bits per heavy atom. The summed E-state index contributed by atoms with van der Waals surface area (Å²) >= 11 is 11.7. The third-order valence-corrected chi connectivity index (χ3v) is 4.52. The van der Waals surface area contributed by atoms with Crippen LogP contribution in [-0.4, -0.2) is 13.4 Å². The fourth-order valence-corrected chi connectivity index (χ4v) is 2.81. The van der Waals surface area contributed by atoms with Crippen molar-refractivity contribution < 1.29 is 8.42 Å². The van der Waals surface area contributed by atoms with Gasteiger partial charge in [0.25, 0.3) is 10.0 Å². The number of hydrogen-bond donors (Lipinski definition) is 1. The number of aryl methyl sites for hydroxylation is 1. The first-order chi connectivity index (χ1) is 8.90. The van der Waals surface area contributed by atoms with Crippen LogP contribution < -0.4 is 4.72 Å². The van der Waals surface area contributed by atoms with Crippen molar-refractivity contribution >= 4 is 38.9 Å². The van der Waals surface area contributed by atoms with E-state index >= 15 is 0 Å². The molecule has 0 saturated carbocycles. The smallest absolute Gasteiger partial charge is 0.263 e. The Kier molecular flexibility index (Phi) is 3.99. The van der Waals surface area contributed by atoms with Gasteiger partial charge < -0.3 is 0 Å². The number of rotatable bonds is 3. The topological polar surface area (TPSA) is 59.1 Å². The Morgan fingerprint density at radius 2 is 1.89 bits per heavy atom. The quantitative estimate of drug-likeness (QED) is 0.882. The molecule has 1 heterocycles. The number of halogens is 2. The number of pyridine rings is 1. The highest BCUT2D eigenvalue weighted by Crippen LogP contribution is 2.27. The third kappa shape index (κ3) is 3.18. The van der Waals surface area contributed by atoms with Crippen molar-refractivity contribution in [1.82, 2.24) is 4.98 Å². The van der Waals surface area contributed by atoms with Gasteiger partial charge in [0.2, 0.25) is 0 Å². The molecule has 0 aliphatic rings. The van der Waals surface area contributed by atoms with E-state index in [2.05, 4.69) is 9.71 Å². The number of anilines is 1. The molecule has 100 valence electrons. The minimum Gasteiger partial charge on any atom is -0.278 e. The Hall–Kier alpha value is -1.30. The van der Waals surface area contributed by atoms with Crippen molar-refractivity contribution in [1.29, 1.82) is 0 Å². The highest BCUT2D eigenvalue weighted by molar-refractivity contribution is 7.92. The lowest BCUT2D eigenvalue weighted by atomic mass is 10.2. The zero-order chi connectivity index (χ0) is 14.0. The number of aromatic nitrogens is 1. The van der Waals surface area contributed by atoms with Crippen LogP contribution in [0.2, 0.25) is 10.2 Å². The van der Waals surface area contributed by atoms with Crippen LogP contribution in [0.15, 0.2) is 41.4 Å². The van der Waals surface area contributed by atoms with Gasteiger partial charge in [0.15, 0.2) is 0 Å². The average Bonchev–Trinajstić information content (AvgIpc) is 2.35. The van der Waals surface area contributed by atoms with Gasteiger partial charge in [0, 0.05) is 6.20 Å². The lowest BCUT2D eigenvalue weighted by Gasteiger charge is -2.10. The van der Waals surface area contributed by atoms with Crippen molar-refractivity contribution in [2.45, 2.75) is 11.8 Å². The lowest BCUT2D eigenvalue weighted by Crippen LogP contribution is -2.13. The molecule has 0 saturated heterocycles. The summed E-state index contributed by atoms with van der Waals surface area (Å²) in [5.41, 5.74) is 1.12. The van der Waals surface area contributed by atoms with Crippen LogP contribution in [-0.2, 0) is 10.0 Å². The maximum absolute atomic E-state index is 12.1. The maximum Gasteiger partial charge on any atom is 0.263 e. The van der Waals surface area contributed by atoms with E-state index in [4.69, 9.17) is 23.2 Å². The van der Waals surface area contributed by atoms with E-state index in [1.165, 1.54) is 18.3 Å². The van der Waals surface area contributed by atoms with Crippen molar-refractivity contribution in [3.63, 3.8) is 0 Å². The number of nitrogens with zero attached hydrogens (tertiary/aromatic N) is 1. The van der Waals surface area contributed by atoms with Gasteiger partial charge >= 0.3 is 0 Å². The summed E-state index contributed by atoms with van der Waals surface area (Å²) < 4.78 is 26.7. The molecule has 2 aromatic rings. The summed E-state index contributed by atoms with van der Waals surface area (Å²) in [5, 5.41) is 0.598. The Balaban J connectivity index is 2.36. The van der Waals surface area contributed by atoms with Gasteiger partial charge in [-0.1, -0.05) is 35.3 Å². The molecule has 0 aliphatic heterocycles. The van der Waals surface area contributed by atoms with Gasteiger partial charge in [-0.3, -0.25) is 4.72 Å². The minimum atomic E-state index is -3.72. The molecule has 2 rings (SSSR count). The van der Waals surface area contributed by atoms with Crippen molar-refractivity contribution in [2.75, 3.05) is 4.72 Å². The molecule has 0 amide bonds. The molecule has 0 radical (unpaired) electrons. The molecule has 1 aromatic carbocycles. The molecule has 0 atom stereocenters. The monoisotopic (exact) mass is 316 g/mol. The third-order valence-electron chi connectivity index (χ3n) is 2.45. The zero-order valence-corrected chi connectivity index (χ0v) is 12.2. The molecule has 1 N–H and O–H groups in total. The van der Waals surface area contributed by atoms with Gasteiger partial charge in [-0.05, 0) is 30.7 Å². The van der Waals surface area contributed by atoms with Crippen LogP contribution in [0.25, 0.3) is 0 Å². The van der Waals surface area contributed by atoms with E-state index in [0.29, 0.717) is 10.7 Å². The molecular weight excluding hydrogens is 307 g/mol. The fraction of sp³-hybridized carbons (Fsp3) is 0.0833. The molecule has 1 aromatic heterocycles. The Morgan fingerprint density at radius 1 is 1.16 bits per heavy atom. The van der Waals surface area contributed by atoms with Gasteiger partial charge in [0.05, 0.1) is 10.7 Å². The number of sulfonamides is 1. The van der Waals surface area contributed by atoms with E-state index < -0.39 is 10.0 Å². The molecule has 7 heteroatoms. The number of hydrogen-bond acceptors (Lipinski definition) is 3. The number of benzene rings is 1. The summed E-state index contributed by atoms with van der Waals surface area (Å²) in [5.74, 6) is 0. The van der Waals surface area contributed by atoms with E-state index in [-0.39, 0.29) is 10.0 Å². The zero-order valence-electron chi connectivity index (χ0n) is 9.89. The highest BCUT2D eigenvalue weighted by atomic mass is 35.5. The van der Waals surface area contributed by atoms with Gasteiger partial charge in [-0.2, -0.15) is 0 Å². The molecule has 0 fully saturated rings. The lowest BCUT2D eigenvalue weighted by molar-refractivity contribution is 0.601. The maximum atomic E-state index is 12.1. The molecule has 0 spiro atoms. The fourth-order valence-electron chi connectivity index (χ4n) is 1.45. The summed E-state index contributed by atoms with van der Waals surface area (Å²) in [7, 11) is -3.72. The normalized spacial score (nSPS) is 11.3. The van der Waals surface area contributed by atoms with Crippen molar-refractivity contribution in [2.24, 2.45) is 0 Å². The first kappa shape index (κ1) is 14.1. The van der Waals surface area contributed by atoms with Gasteiger partial charge in [0.1, 0.15) is 10.0 Å². The van der Waals surface area contributed by atoms with Gasteiger partial charge in [-0.15, -0.1) is 0 Å². The van der Waals surface area contributed by atoms with Crippen molar-refractivity contribution in [3.8, 4) is 0 Å². The summed E-state index contributed by atoms with van der Waals surface area (Å²) in [4.78, 5) is 3.76. The summed E-state index contributed by atoms with van der Waals surface area (Å²) in [6.45, 7) is 1.80. The van der Waals surface area contributed by atoms with E-state index in [1.807, 2.05) is 0 Å². The Bertz CT molecular complexity index is 700. The van der Waals surface area contributed by atoms with Crippen molar-refractivity contribution in [3.05, 3.63) is 52.3 Å². The van der Waals surface area contributed by atoms with E-state index in [0.717, 1.165) is 5.56 Å². The molecule has 0 aliphatic carbocycles. The molecule has 4 nitrogen and oxygen atoms in total. The second-order valence-electron chi connectivity index (χ2n) is 3.86. The van der Waals surface area contributed by atoms with E-state index in [9.17, 15) is 8.42 Å². The first-order valence-corrected chi connectivity index (χ1v) is 7.53. The second kappa shape index (κ2) is 5.36. The SMILES string of the molecule is Cc1cccc(NS(=O)(=O)c2ccc(Cl)nc2)c1Cl. The largest absolute Gasteiger partial charge is 0.278 e. The summed E-state index contributed by atoms with van der Waals surface area (Å²) in [6.07, 6.45) is 1.19. The van der Waals surface area contributed by atoms with Crippen LogP contribution >= 0.6 is 23.2 Å². The Labute approximate surface area is 121 Å². The molecule has 19 heavy (non-hydrogen) atoms. The van der Waals surface area contributed by atoms with Crippen LogP contribution in [0.3, 0.4) is 0 Å². The van der Waals surface area contributed by atoms with Crippen LogP contribution in [0, 0.1) is 6.92 Å². The summed E-state index contributed by atoms with van der Waals surface area (Å²) in [6, 6.07) is 7.90. The molecule has 0 bridgehead atoms. The minimum absolute atomic E-state index is 0.0227. The van der Waals surface area contributed by atoms with Crippen LogP contribution in [0.4, 0.5) is 5.69 Å². The standard InChI is InChI=1S/C12H10Cl2N2O2S/c1-8-3-2-4-10(12(8)14)16-19(17,18)9-5-6-11(13)15-7-9/h2-7,16H,1H3. The molecular formula is C12H10Cl2N2O2S. The average molecular weight is 317 g/mol.